The van der Waals surface area contributed by atoms with E-state index in [1.54, 1.807) is 0 Å². The number of ether oxygens (including phenoxy) is 4. The monoisotopic (exact) mass is 829 g/mol. The second kappa shape index (κ2) is 34.5. The number of carbonyl (C=O) groups excluding carboxylic acids is 2. The molecule has 1 aliphatic heterocycles. The van der Waals surface area contributed by atoms with E-state index >= 15 is 0 Å². The Bertz CT molecular complexity index is 1250. The van der Waals surface area contributed by atoms with Crippen LogP contribution in [0.2, 0.25) is 0 Å². The van der Waals surface area contributed by atoms with Gasteiger partial charge in [-0.3, -0.25) is 14.1 Å². The molecule has 1 rings (SSSR count). The van der Waals surface area contributed by atoms with Crippen LogP contribution < -0.4 is 0 Å². The first-order valence-electron chi connectivity index (χ1n) is 21.7. The van der Waals surface area contributed by atoms with E-state index in [1.165, 1.54) is 64.2 Å². The van der Waals surface area contributed by atoms with Crippen LogP contribution in [0.3, 0.4) is 0 Å². The van der Waals surface area contributed by atoms with Gasteiger partial charge >= 0.3 is 11.9 Å². The molecule has 1 fully saturated rings. The van der Waals surface area contributed by atoms with Gasteiger partial charge in [-0.25, -0.2) is 0 Å². The van der Waals surface area contributed by atoms with Crippen molar-refractivity contribution in [2.75, 3.05) is 19.0 Å². The van der Waals surface area contributed by atoms with Gasteiger partial charge in [-0.15, -0.1) is 0 Å². The number of carbonyl (C=O) groups is 2. The largest absolute Gasteiger partial charge is 0.462 e. The molecule has 13 heteroatoms. The highest BCUT2D eigenvalue weighted by molar-refractivity contribution is 7.85. The van der Waals surface area contributed by atoms with Gasteiger partial charge in [-0.05, 0) is 32.1 Å². The number of esters is 2. The molecule has 6 atom stereocenters. The van der Waals surface area contributed by atoms with Crippen LogP contribution in [-0.2, 0) is 38.7 Å². The van der Waals surface area contributed by atoms with Crippen molar-refractivity contribution in [2.24, 2.45) is 0 Å². The van der Waals surface area contributed by atoms with Crippen molar-refractivity contribution in [3.63, 3.8) is 0 Å². The Balaban J connectivity index is 2.48. The lowest BCUT2D eigenvalue weighted by Crippen LogP contribution is -2.60. The number of unbranched alkanes of at least 4 members (excludes halogenated alkanes) is 18. The fourth-order valence-corrected chi connectivity index (χ4v) is 7.08. The molecule has 57 heavy (non-hydrogen) atoms. The second-order valence-corrected chi connectivity index (χ2v) is 16.6. The van der Waals surface area contributed by atoms with Crippen LogP contribution in [0.4, 0.5) is 0 Å². The third-order valence-electron chi connectivity index (χ3n) is 9.77. The van der Waals surface area contributed by atoms with Crippen molar-refractivity contribution in [3.05, 3.63) is 48.6 Å². The summed E-state index contributed by atoms with van der Waals surface area (Å²) in [5.41, 5.74) is 0. The smallest absolute Gasteiger partial charge is 0.306 e. The molecule has 0 spiro atoms. The summed E-state index contributed by atoms with van der Waals surface area (Å²) in [4.78, 5) is 25.4. The summed E-state index contributed by atoms with van der Waals surface area (Å²) in [5.74, 6) is -2.01. The highest BCUT2D eigenvalue weighted by Gasteiger charge is 2.46. The van der Waals surface area contributed by atoms with Crippen molar-refractivity contribution < 1.29 is 56.8 Å². The van der Waals surface area contributed by atoms with Gasteiger partial charge in [0, 0.05) is 12.8 Å². The summed E-state index contributed by atoms with van der Waals surface area (Å²) >= 11 is 0. The zero-order valence-corrected chi connectivity index (χ0v) is 35.7. The normalized spacial score (nSPS) is 21.0. The zero-order chi connectivity index (χ0) is 42.0. The fraction of sp³-hybridized carbons (Fsp3) is 0.773. The van der Waals surface area contributed by atoms with Crippen LogP contribution in [-0.4, -0.2) is 96.0 Å². The van der Waals surface area contributed by atoms with E-state index in [2.05, 4.69) is 26.0 Å². The molecule has 330 valence electrons. The number of aliphatic hydroxyl groups is 3. The maximum Gasteiger partial charge on any atom is 0.306 e. The van der Waals surface area contributed by atoms with E-state index in [1.807, 2.05) is 36.5 Å². The standard InChI is InChI=1S/C44H76O12S/c1-3-5-7-9-11-13-15-17-19-21-22-24-26-28-30-32-39(45)53-34-37(35-54-44-43(49)42(48)41(47)38(56-44)36-57(50,51)52)55-40(46)33-31-29-27-25-23-20-18-16-14-12-10-8-6-4-2/h5,7,9,11,13,15,17,19,37-38,41-44,47-49H,3-4,6,8,10,12,14,16,18,20-36H2,1-2H3,(H,50,51,52)/b7-5+,11-9+,15-13+,19-17+/t37-,38-,41-,42?,43?,44+/m1/s1. The predicted molar refractivity (Wildman–Crippen MR) is 224 cm³/mol. The van der Waals surface area contributed by atoms with Crippen molar-refractivity contribution in [1.29, 1.82) is 0 Å². The van der Waals surface area contributed by atoms with Crippen LogP contribution in [0.15, 0.2) is 48.6 Å². The Hall–Kier alpha value is -2.39. The molecule has 0 aliphatic carbocycles. The Morgan fingerprint density at radius 2 is 1.11 bits per heavy atom. The van der Waals surface area contributed by atoms with Crippen LogP contribution in [0.1, 0.15) is 162 Å². The lowest BCUT2D eigenvalue weighted by Gasteiger charge is -2.40. The lowest BCUT2D eigenvalue weighted by molar-refractivity contribution is -0.297. The van der Waals surface area contributed by atoms with Gasteiger partial charge in [0.25, 0.3) is 10.1 Å². The fourth-order valence-electron chi connectivity index (χ4n) is 6.39. The van der Waals surface area contributed by atoms with Gasteiger partial charge in [0.2, 0.25) is 0 Å². The first-order valence-corrected chi connectivity index (χ1v) is 23.4. The average molecular weight is 829 g/mol. The summed E-state index contributed by atoms with van der Waals surface area (Å²) in [6, 6.07) is 0. The van der Waals surface area contributed by atoms with Crippen LogP contribution >= 0.6 is 0 Å². The minimum absolute atomic E-state index is 0.160. The highest BCUT2D eigenvalue weighted by atomic mass is 32.2. The SMILES string of the molecule is CC/C=C/C=C/C=C/C=C/CCCCCCCC(=O)OC[C@H](CO[C@H]1O[C@H](CS(=O)(=O)O)[C@@H](O)C(O)C1O)OC(=O)CCCCCCCCCCCCCCCC. The molecule has 0 saturated carbocycles. The highest BCUT2D eigenvalue weighted by Crippen LogP contribution is 2.24. The summed E-state index contributed by atoms with van der Waals surface area (Å²) in [5, 5.41) is 30.8. The van der Waals surface area contributed by atoms with E-state index < -0.39 is 71.2 Å². The summed E-state index contributed by atoms with van der Waals surface area (Å²) in [6.45, 7) is 3.59. The van der Waals surface area contributed by atoms with E-state index in [0.717, 1.165) is 57.8 Å². The first kappa shape index (κ1) is 52.6. The number of rotatable bonds is 35. The maximum absolute atomic E-state index is 12.8. The lowest BCUT2D eigenvalue weighted by atomic mass is 10.00. The average Bonchev–Trinajstić information content (AvgIpc) is 3.17. The van der Waals surface area contributed by atoms with E-state index in [-0.39, 0.29) is 19.4 Å². The number of hydrogen-bond donors (Lipinski definition) is 4. The summed E-state index contributed by atoms with van der Waals surface area (Å²) in [7, 11) is -4.60. The number of aliphatic hydroxyl groups excluding tert-OH is 3. The number of allylic oxidation sites excluding steroid dienone is 8. The molecular weight excluding hydrogens is 753 g/mol. The minimum atomic E-state index is -4.60. The molecule has 0 bridgehead atoms. The molecule has 0 aromatic carbocycles. The molecule has 0 amide bonds. The Kier molecular flexibility index (Phi) is 31.8. The third-order valence-corrected chi connectivity index (χ3v) is 10.5. The topological polar surface area (TPSA) is 186 Å². The minimum Gasteiger partial charge on any atom is -0.462 e. The van der Waals surface area contributed by atoms with E-state index in [0.29, 0.717) is 12.8 Å². The van der Waals surface area contributed by atoms with Crippen molar-refractivity contribution in [2.45, 2.75) is 198 Å². The third kappa shape index (κ3) is 29.5. The van der Waals surface area contributed by atoms with Crippen molar-refractivity contribution in [1.82, 2.24) is 0 Å². The van der Waals surface area contributed by atoms with Gasteiger partial charge in [-0.2, -0.15) is 8.42 Å². The van der Waals surface area contributed by atoms with Gasteiger partial charge in [0.15, 0.2) is 12.4 Å². The molecule has 12 nitrogen and oxygen atoms in total. The molecule has 2 unspecified atom stereocenters. The van der Waals surface area contributed by atoms with Gasteiger partial charge in [0.1, 0.15) is 36.8 Å². The van der Waals surface area contributed by atoms with Gasteiger partial charge < -0.3 is 34.3 Å². The molecule has 4 N–H and O–H groups in total. The van der Waals surface area contributed by atoms with Crippen molar-refractivity contribution >= 4 is 22.1 Å². The number of hydrogen-bond acceptors (Lipinski definition) is 11. The van der Waals surface area contributed by atoms with Gasteiger partial charge in [-0.1, -0.05) is 165 Å². The first-order chi connectivity index (χ1) is 27.5. The molecule has 1 saturated heterocycles. The molecule has 0 aromatic heterocycles. The molecule has 0 aromatic rings. The predicted octanol–water partition coefficient (Wildman–Crippen LogP) is 8.39. The maximum atomic E-state index is 12.8. The van der Waals surface area contributed by atoms with Crippen LogP contribution in [0.5, 0.6) is 0 Å². The van der Waals surface area contributed by atoms with E-state index in [4.69, 9.17) is 18.9 Å². The van der Waals surface area contributed by atoms with Crippen LogP contribution in [0, 0.1) is 0 Å². The second-order valence-electron chi connectivity index (χ2n) is 15.1. The summed E-state index contributed by atoms with van der Waals surface area (Å²) in [6.07, 6.45) is 30.1. The van der Waals surface area contributed by atoms with Gasteiger partial charge in [0.05, 0.1) is 6.61 Å². The molecule has 1 aliphatic rings. The zero-order valence-electron chi connectivity index (χ0n) is 34.9. The molecular formula is C44H76O12S. The Morgan fingerprint density at radius 3 is 1.65 bits per heavy atom. The van der Waals surface area contributed by atoms with E-state index in [9.17, 15) is 37.9 Å². The summed E-state index contributed by atoms with van der Waals surface area (Å²) < 4.78 is 54.0. The van der Waals surface area contributed by atoms with Crippen molar-refractivity contribution in [3.8, 4) is 0 Å². The Morgan fingerprint density at radius 1 is 0.614 bits per heavy atom. The quantitative estimate of drug-likeness (QED) is 0.0207. The Labute approximate surface area is 343 Å². The van der Waals surface area contributed by atoms with Crippen LogP contribution in [0.25, 0.3) is 0 Å². The molecule has 0 radical (unpaired) electrons. The molecule has 1 heterocycles.